The fourth-order valence-electron chi connectivity index (χ4n) is 2.19. The molecule has 2 aromatic carbocycles. The van der Waals surface area contributed by atoms with Crippen LogP contribution in [0.2, 0.25) is 0 Å². The Bertz CT molecular complexity index is 878. The summed E-state index contributed by atoms with van der Waals surface area (Å²) in [5, 5.41) is 2.59. The van der Waals surface area contributed by atoms with E-state index in [0.717, 1.165) is 18.2 Å². The van der Waals surface area contributed by atoms with Crippen LogP contribution in [0.3, 0.4) is 0 Å². The van der Waals surface area contributed by atoms with Gasteiger partial charge in [0.1, 0.15) is 11.5 Å². The number of hydrogen-bond donors (Lipinski definition) is 1. The van der Waals surface area contributed by atoms with E-state index in [1.54, 1.807) is 24.3 Å². The lowest BCUT2D eigenvalue weighted by atomic mass is 10.2. The molecule has 0 spiro atoms. The van der Waals surface area contributed by atoms with Crippen molar-refractivity contribution in [3.63, 3.8) is 0 Å². The molecule has 0 bridgehead atoms. The number of amides is 1. The number of para-hydroxylation sites is 2. The lowest BCUT2D eigenvalue weighted by Crippen LogP contribution is -2.29. The van der Waals surface area contributed by atoms with Crippen LogP contribution in [0.25, 0.3) is 6.08 Å². The number of carbonyl (C=O) groups is 2. The van der Waals surface area contributed by atoms with Crippen LogP contribution in [0, 0.1) is 0 Å². The number of rotatable bonds is 7. The van der Waals surface area contributed by atoms with E-state index >= 15 is 0 Å². The number of anilines is 1. The molecule has 0 aliphatic carbocycles. The second kappa shape index (κ2) is 9.63. The van der Waals surface area contributed by atoms with Gasteiger partial charge >= 0.3 is 12.3 Å². The van der Waals surface area contributed by atoms with Crippen LogP contribution in [-0.2, 0) is 14.3 Å². The summed E-state index contributed by atoms with van der Waals surface area (Å²) < 4.78 is 50.3. The second-order valence-corrected chi connectivity index (χ2v) is 5.72. The Hall–Kier alpha value is -3.49. The van der Waals surface area contributed by atoms with Crippen LogP contribution < -0.4 is 14.8 Å². The predicted molar refractivity (Wildman–Crippen MR) is 99.3 cm³/mol. The third-order valence-corrected chi connectivity index (χ3v) is 3.55. The second-order valence-electron chi connectivity index (χ2n) is 5.72. The molecule has 0 aromatic heterocycles. The lowest BCUT2D eigenvalue weighted by molar-refractivity contribution is -0.274. The van der Waals surface area contributed by atoms with Crippen molar-refractivity contribution < 1.29 is 37.0 Å². The Labute approximate surface area is 164 Å². The SMILES string of the molecule is COc1ccccc1NC(=O)[C@H](C)OC(=O)/C=C/c1ccc(OC(F)(F)F)cc1. The zero-order valence-corrected chi connectivity index (χ0v) is 15.5. The van der Waals surface area contributed by atoms with E-state index in [1.165, 1.54) is 32.2 Å². The monoisotopic (exact) mass is 409 g/mol. The molecule has 0 unspecified atom stereocenters. The summed E-state index contributed by atoms with van der Waals surface area (Å²) in [4.78, 5) is 24.0. The Balaban J connectivity index is 1.89. The standard InChI is InChI=1S/C20H18F3NO5/c1-13(19(26)24-16-5-3-4-6-17(16)27-2)28-18(25)12-9-14-7-10-15(11-8-14)29-20(21,22)23/h3-13H,1-2H3,(H,24,26)/b12-9+/t13-/m0/s1. The number of benzene rings is 2. The molecule has 9 heteroatoms. The molecular formula is C20H18F3NO5. The summed E-state index contributed by atoms with van der Waals surface area (Å²) in [6, 6.07) is 11.7. The third kappa shape index (κ3) is 7.21. The minimum Gasteiger partial charge on any atom is -0.495 e. The van der Waals surface area contributed by atoms with Crippen LogP contribution in [0.4, 0.5) is 18.9 Å². The Kier molecular flexibility index (Phi) is 7.24. The molecule has 154 valence electrons. The van der Waals surface area contributed by atoms with Gasteiger partial charge in [-0.05, 0) is 42.8 Å². The van der Waals surface area contributed by atoms with Gasteiger partial charge < -0.3 is 19.5 Å². The van der Waals surface area contributed by atoms with Gasteiger partial charge in [-0.3, -0.25) is 4.79 Å². The number of carbonyl (C=O) groups excluding carboxylic acids is 2. The van der Waals surface area contributed by atoms with Gasteiger partial charge in [0, 0.05) is 6.08 Å². The van der Waals surface area contributed by atoms with Crippen LogP contribution in [0.15, 0.2) is 54.6 Å². The first kappa shape index (κ1) is 21.8. The van der Waals surface area contributed by atoms with E-state index in [9.17, 15) is 22.8 Å². The van der Waals surface area contributed by atoms with Crippen molar-refractivity contribution in [1.82, 2.24) is 0 Å². The summed E-state index contributed by atoms with van der Waals surface area (Å²) in [7, 11) is 1.46. The molecule has 2 aromatic rings. The topological polar surface area (TPSA) is 73.9 Å². The predicted octanol–water partition coefficient (Wildman–Crippen LogP) is 4.18. The van der Waals surface area contributed by atoms with Crippen molar-refractivity contribution >= 4 is 23.6 Å². The molecule has 0 radical (unpaired) electrons. The molecule has 0 aliphatic rings. The number of esters is 1. The maximum atomic E-state index is 12.2. The van der Waals surface area contributed by atoms with Crippen molar-refractivity contribution in [2.45, 2.75) is 19.4 Å². The molecule has 2 rings (SSSR count). The molecule has 0 saturated heterocycles. The molecule has 1 atom stereocenters. The molecule has 29 heavy (non-hydrogen) atoms. The van der Waals surface area contributed by atoms with E-state index in [-0.39, 0.29) is 5.75 Å². The Morgan fingerprint density at radius 3 is 2.34 bits per heavy atom. The first-order valence-electron chi connectivity index (χ1n) is 8.36. The summed E-state index contributed by atoms with van der Waals surface area (Å²) >= 11 is 0. The summed E-state index contributed by atoms with van der Waals surface area (Å²) in [5.41, 5.74) is 0.877. The van der Waals surface area contributed by atoms with Crippen molar-refractivity contribution in [3.05, 3.63) is 60.2 Å². The molecule has 1 amide bonds. The maximum absolute atomic E-state index is 12.2. The smallest absolute Gasteiger partial charge is 0.495 e. The number of methoxy groups -OCH3 is 1. The van der Waals surface area contributed by atoms with E-state index in [1.807, 2.05) is 0 Å². The highest BCUT2D eigenvalue weighted by atomic mass is 19.4. The zero-order chi connectivity index (χ0) is 21.4. The van der Waals surface area contributed by atoms with Crippen molar-refractivity contribution in [1.29, 1.82) is 0 Å². The lowest BCUT2D eigenvalue weighted by Gasteiger charge is -2.14. The molecule has 0 aliphatic heterocycles. The van der Waals surface area contributed by atoms with Gasteiger partial charge in [-0.1, -0.05) is 24.3 Å². The zero-order valence-electron chi connectivity index (χ0n) is 15.5. The van der Waals surface area contributed by atoms with E-state index < -0.39 is 24.3 Å². The summed E-state index contributed by atoms with van der Waals surface area (Å²) in [6.45, 7) is 1.40. The van der Waals surface area contributed by atoms with Gasteiger partial charge in [-0.2, -0.15) is 0 Å². The van der Waals surface area contributed by atoms with Crippen LogP contribution >= 0.6 is 0 Å². The number of ether oxygens (including phenoxy) is 3. The van der Waals surface area contributed by atoms with Crippen LogP contribution in [-0.4, -0.2) is 31.5 Å². The Morgan fingerprint density at radius 1 is 1.07 bits per heavy atom. The van der Waals surface area contributed by atoms with E-state index in [0.29, 0.717) is 17.0 Å². The highest BCUT2D eigenvalue weighted by Gasteiger charge is 2.30. The molecule has 0 heterocycles. The van der Waals surface area contributed by atoms with Gasteiger partial charge in [-0.15, -0.1) is 13.2 Å². The van der Waals surface area contributed by atoms with Crippen molar-refractivity contribution in [2.24, 2.45) is 0 Å². The van der Waals surface area contributed by atoms with E-state index in [2.05, 4.69) is 10.1 Å². The maximum Gasteiger partial charge on any atom is 0.573 e. The summed E-state index contributed by atoms with van der Waals surface area (Å²) in [5.74, 6) is -1.26. The summed E-state index contributed by atoms with van der Waals surface area (Å²) in [6.07, 6.45) is -3.46. The van der Waals surface area contributed by atoms with Gasteiger partial charge in [0.15, 0.2) is 6.10 Å². The average molecular weight is 409 g/mol. The normalized spacial score (nSPS) is 12.3. The highest BCUT2D eigenvalue weighted by Crippen LogP contribution is 2.24. The quantitative estimate of drug-likeness (QED) is 0.549. The fraction of sp³-hybridized carbons (Fsp3) is 0.200. The molecule has 1 N–H and O–H groups in total. The van der Waals surface area contributed by atoms with Gasteiger partial charge in [0.2, 0.25) is 0 Å². The molecule has 0 saturated carbocycles. The van der Waals surface area contributed by atoms with Gasteiger partial charge in [-0.25, -0.2) is 4.79 Å². The fourth-order valence-corrected chi connectivity index (χ4v) is 2.19. The number of hydrogen-bond acceptors (Lipinski definition) is 5. The van der Waals surface area contributed by atoms with Gasteiger partial charge in [0.05, 0.1) is 12.8 Å². The minimum absolute atomic E-state index is 0.376. The number of alkyl halides is 3. The Morgan fingerprint density at radius 2 is 1.72 bits per heavy atom. The number of halogens is 3. The molecular weight excluding hydrogens is 391 g/mol. The molecule has 0 fully saturated rings. The van der Waals surface area contributed by atoms with Crippen LogP contribution in [0.1, 0.15) is 12.5 Å². The molecule has 6 nitrogen and oxygen atoms in total. The number of nitrogens with one attached hydrogen (secondary N) is 1. The average Bonchev–Trinajstić information content (AvgIpc) is 2.66. The first-order chi connectivity index (χ1) is 13.7. The van der Waals surface area contributed by atoms with Crippen molar-refractivity contribution in [2.75, 3.05) is 12.4 Å². The third-order valence-electron chi connectivity index (χ3n) is 3.55. The van der Waals surface area contributed by atoms with E-state index in [4.69, 9.17) is 9.47 Å². The highest BCUT2D eigenvalue weighted by molar-refractivity contribution is 5.97. The van der Waals surface area contributed by atoms with Crippen LogP contribution in [0.5, 0.6) is 11.5 Å². The van der Waals surface area contributed by atoms with Crippen molar-refractivity contribution in [3.8, 4) is 11.5 Å². The largest absolute Gasteiger partial charge is 0.573 e. The van der Waals surface area contributed by atoms with Gasteiger partial charge in [0.25, 0.3) is 5.91 Å². The minimum atomic E-state index is -4.78. The first-order valence-corrected chi connectivity index (χ1v) is 8.36.